The van der Waals surface area contributed by atoms with Crippen LogP contribution in [-0.2, 0) is 10.0 Å². The number of nitro benzene ring substituents is 1. The maximum Gasteiger partial charge on any atom is 0.295 e. The van der Waals surface area contributed by atoms with E-state index in [1.807, 2.05) is 0 Å². The van der Waals surface area contributed by atoms with Crippen molar-refractivity contribution < 1.29 is 13.3 Å². The molecule has 8 nitrogen and oxygen atoms in total. The molecule has 0 spiro atoms. The van der Waals surface area contributed by atoms with Crippen LogP contribution in [0.25, 0.3) is 0 Å². The van der Waals surface area contributed by atoms with Gasteiger partial charge in [-0.3, -0.25) is 15.5 Å². The van der Waals surface area contributed by atoms with E-state index in [9.17, 15) is 18.5 Å². The van der Waals surface area contributed by atoms with Gasteiger partial charge in [0.25, 0.3) is 5.69 Å². The third kappa shape index (κ3) is 4.59. The Balaban J connectivity index is 2.29. The van der Waals surface area contributed by atoms with Crippen molar-refractivity contribution in [2.75, 3.05) is 18.5 Å². The first kappa shape index (κ1) is 20.3. The molecule has 144 valence electrons. The molecule has 0 radical (unpaired) electrons. The first-order valence-corrected chi connectivity index (χ1v) is 10.3. The molecule has 0 atom stereocenters. The van der Waals surface area contributed by atoms with Crippen molar-refractivity contribution in [3.05, 3.63) is 28.3 Å². The number of anilines is 1. The molecule has 0 saturated heterocycles. The van der Waals surface area contributed by atoms with E-state index in [0.717, 1.165) is 37.5 Å². The number of nitrogens with zero attached hydrogens (tertiary/aromatic N) is 3. The summed E-state index contributed by atoms with van der Waals surface area (Å²) in [4.78, 5) is 10.7. The summed E-state index contributed by atoms with van der Waals surface area (Å²) in [6, 6.07) is 3.88. The van der Waals surface area contributed by atoms with Gasteiger partial charge >= 0.3 is 0 Å². The number of hydrogen-bond acceptors (Lipinski definition) is 6. The Morgan fingerprint density at radius 1 is 1.27 bits per heavy atom. The topological polar surface area (TPSA) is 105 Å². The van der Waals surface area contributed by atoms with Crippen LogP contribution in [0, 0.1) is 16.0 Å². The molecule has 1 saturated carbocycles. The van der Waals surface area contributed by atoms with E-state index in [2.05, 4.69) is 17.5 Å². The predicted molar refractivity (Wildman–Crippen MR) is 102 cm³/mol. The summed E-state index contributed by atoms with van der Waals surface area (Å²) < 4.78 is 26.4. The number of nitro groups is 1. The zero-order valence-electron chi connectivity index (χ0n) is 15.4. The molecule has 0 bridgehead atoms. The van der Waals surface area contributed by atoms with E-state index in [4.69, 9.17) is 0 Å². The molecule has 1 aliphatic carbocycles. The number of hydrazone groups is 1. The molecule has 26 heavy (non-hydrogen) atoms. The molecular weight excluding hydrogens is 356 g/mol. The van der Waals surface area contributed by atoms with Gasteiger partial charge in [-0.25, -0.2) is 8.42 Å². The van der Waals surface area contributed by atoms with Crippen molar-refractivity contribution >= 4 is 27.1 Å². The highest BCUT2D eigenvalue weighted by molar-refractivity contribution is 7.89. The minimum Gasteiger partial charge on any atom is -0.272 e. The first-order valence-electron chi connectivity index (χ1n) is 8.89. The summed E-state index contributed by atoms with van der Waals surface area (Å²) in [5, 5.41) is 15.7. The Hall–Kier alpha value is -2.00. The van der Waals surface area contributed by atoms with Crippen molar-refractivity contribution in [1.29, 1.82) is 0 Å². The average Bonchev–Trinajstić information content (AvgIpc) is 2.61. The highest BCUT2D eigenvalue weighted by Crippen LogP contribution is 2.29. The van der Waals surface area contributed by atoms with Gasteiger partial charge in [-0.15, -0.1) is 0 Å². The van der Waals surface area contributed by atoms with Crippen molar-refractivity contribution in [1.82, 2.24) is 4.31 Å². The van der Waals surface area contributed by atoms with Gasteiger partial charge in [0.15, 0.2) is 0 Å². The van der Waals surface area contributed by atoms with Gasteiger partial charge in [0.2, 0.25) is 10.0 Å². The SMILES string of the molecule is CCN(CC)S(=O)(=O)c1ccc(NN=C2CCC(C)CC2)c([N+](=O)[O-])c1. The summed E-state index contributed by atoms with van der Waals surface area (Å²) in [5.41, 5.74) is 3.63. The average molecular weight is 382 g/mol. The normalized spacial score (nSPS) is 18.0. The van der Waals surface area contributed by atoms with Gasteiger partial charge in [-0.2, -0.15) is 9.41 Å². The third-order valence-electron chi connectivity index (χ3n) is 4.69. The molecule has 0 amide bonds. The number of hydrogen-bond donors (Lipinski definition) is 1. The van der Waals surface area contributed by atoms with Gasteiger partial charge in [0.1, 0.15) is 5.69 Å². The second-order valence-corrected chi connectivity index (χ2v) is 8.44. The molecule has 1 aliphatic rings. The lowest BCUT2D eigenvalue weighted by Gasteiger charge is -2.19. The smallest absolute Gasteiger partial charge is 0.272 e. The number of rotatable bonds is 7. The predicted octanol–water partition coefficient (Wildman–Crippen LogP) is 3.60. The molecule has 0 aromatic heterocycles. The second kappa shape index (κ2) is 8.59. The van der Waals surface area contributed by atoms with Crippen LogP contribution in [0.1, 0.15) is 46.5 Å². The molecule has 2 rings (SSSR count). The number of nitrogens with one attached hydrogen (secondary N) is 1. The standard InChI is InChI=1S/C17H26N4O4S/c1-4-20(5-2)26(24,25)15-10-11-16(17(12-15)21(22)23)19-18-14-8-6-13(3)7-9-14/h10-13,19H,4-9H2,1-3H3. The molecular formula is C17H26N4O4S. The Morgan fingerprint density at radius 3 is 2.42 bits per heavy atom. The van der Waals surface area contributed by atoms with E-state index in [-0.39, 0.29) is 16.3 Å². The second-order valence-electron chi connectivity index (χ2n) is 6.50. The fourth-order valence-electron chi connectivity index (χ4n) is 2.98. The van der Waals surface area contributed by atoms with E-state index in [1.54, 1.807) is 13.8 Å². The maximum absolute atomic E-state index is 12.6. The minimum absolute atomic E-state index is 0.0856. The van der Waals surface area contributed by atoms with Gasteiger partial charge in [0.05, 0.1) is 9.82 Å². The Kier molecular flexibility index (Phi) is 6.71. The van der Waals surface area contributed by atoms with E-state index in [1.165, 1.54) is 16.4 Å². The fourth-order valence-corrected chi connectivity index (χ4v) is 4.46. The third-order valence-corrected chi connectivity index (χ3v) is 6.74. The molecule has 0 heterocycles. The molecule has 9 heteroatoms. The molecule has 1 aromatic carbocycles. The summed E-state index contributed by atoms with van der Waals surface area (Å²) in [7, 11) is -3.75. The summed E-state index contributed by atoms with van der Waals surface area (Å²) in [5.74, 6) is 0.674. The number of benzene rings is 1. The molecule has 0 unspecified atom stereocenters. The van der Waals surface area contributed by atoms with Crippen molar-refractivity contribution in [2.24, 2.45) is 11.0 Å². The van der Waals surface area contributed by atoms with Gasteiger partial charge < -0.3 is 0 Å². The largest absolute Gasteiger partial charge is 0.295 e. The van der Waals surface area contributed by atoms with Crippen LogP contribution < -0.4 is 5.43 Å². The lowest BCUT2D eigenvalue weighted by atomic mass is 9.90. The summed E-state index contributed by atoms with van der Waals surface area (Å²) in [6.07, 6.45) is 3.86. The van der Waals surface area contributed by atoms with Crippen LogP contribution in [-0.4, -0.2) is 36.4 Å². The van der Waals surface area contributed by atoms with Crippen LogP contribution in [0.4, 0.5) is 11.4 Å². The van der Waals surface area contributed by atoms with Crippen LogP contribution in [0.5, 0.6) is 0 Å². The van der Waals surface area contributed by atoms with E-state index < -0.39 is 14.9 Å². The highest BCUT2D eigenvalue weighted by Gasteiger charge is 2.25. The summed E-state index contributed by atoms with van der Waals surface area (Å²) >= 11 is 0. The quantitative estimate of drug-likeness (QED) is 0.573. The van der Waals surface area contributed by atoms with E-state index >= 15 is 0 Å². The monoisotopic (exact) mass is 382 g/mol. The Labute approximate surface area is 154 Å². The molecule has 0 aliphatic heterocycles. The lowest BCUT2D eigenvalue weighted by molar-refractivity contribution is -0.384. The molecule has 1 N–H and O–H groups in total. The van der Waals surface area contributed by atoms with Crippen molar-refractivity contribution in [3.63, 3.8) is 0 Å². The Bertz CT molecular complexity index is 778. The first-order chi connectivity index (χ1) is 12.3. The summed E-state index contributed by atoms with van der Waals surface area (Å²) in [6.45, 7) is 6.26. The van der Waals surface area contributed by atoms with Crippen molar-refractivity contribution in [3.8, 4) is 0 Å². The lowest BCUT2D eigenvalue weighted by Crippen LogP contribution is -2.30. The van der Waals surface area contributed by atoms with Crippen LogP contribution in [0.15, 0.2) is 28.2 Å². The fraction of sp³-hybridized carbons (Fsp3) is 0.588. The Morgan fingerprint density at radius 2 is 1.88 bits per heavy atom. The van der Waals surface area contributed by atoms with Gasteiger partial charge in [-0.1, -0.05) is 20.8 Å². The molecule has 1 fully saturated rings. The van der Waals surface area contributed by atoms with Crippen molar-refractivity contribution in [2.45, 2.75) is 51.3 Å². The van der Waals surface area contributed by atoms with Crippen LogP contribution in [0.3, 0.4) is 0 Å². The highest BCUT2D eigenvalue weighted by atomic mass is 32.2. The maximum atomic E-state index is 12.6. The van der Waals surface area contributed by atoms with E-state index in [0.29, 0.717) is 19.0 Å². The zero-order valence-corrected chi connectivity index (χ0v) is 16.3. The van der Waals surface area contributed by atoms with Gasteiger partial charge in [0, 0.05) is 24.9 Å². The van der Waals surface area contributed by atoms with Gasteiger partial charge in [-0.05, 0) is 43.7 Å². The number of sulfonamides is 1. The molecule has 1 aromatic rings. The van der Waals surface area contributed by atoms with Crippen LogP contribution in [0.2, 0.25) is 0 Å². The van der Waals surface area contributed by atoms with Crippen LogP contribution >= 0.6 is 0 Å². The minimum atomic E-state index is -3.75. The zero-order chi connectivity index (χ0) is 19.3.